The Balaban J connectivity index is 1.08. The van der Waals surface area contributed by atoms with Gasteiger partial charge in [-0.15, -0.1) is 15.0 Å². The minimum atomic E-state index is 0.552. The van der Waals surface area contributed by atoms with Crippen LogP contribution in [-0.2, 0) is 9.47 Å². The normalized spacial score (nSPS) is 17.3. The Morgan fingerprint density at radius 3 is 2.12 bits per heavy atom. The van der Waals surface area contributed by atoms with Gasteiger partial charge in [0.25, 0.3) is 0 Å². The molecule has 0 unspecified atom stereocenters. The molecule has 0 N–H and O–H groups in total. The van der Waals surface area contributed by atoms with E-state index >= 15 is 0 Å². The van der Waals surface area contributed by atoms with Crippen molar-refractivity contribution in [2.75, 3.05) is 67.3 Å². The molecular formula is C31H31N7O2S. The van der Waals surface area contributed by atoms with E-state index in [2.05, 4.69) is 90.9 Å². The lowest BCUT2D eigenvalue weighted by Crippen LogP contribution is -2.36. The Labute approximate surface area is 243 Å². The van der Waals surface area contributed by atoms with Crippen molar-refractivity contribution in [3.63, 3.8) is 0 Å². The number of morpholine rings is 2. The zero-order valence-corrected chi connectivity index (χ0v) is 23.5. The molecule has 208 valence electrons. The molecule has 4 aromatic rings. The summed E-state index contributed by atoms with van der Waals surface area (Å²) in [5.41, 5.74) is 5.61. The highest BCUT2D eigenvalue weighted by atomic mass is 32.2. The van der Waals surface area contributed by atoms with Gasteiger partial charge >= 0.3 is 0 Å². The number of rotatable bonds is 6. The molecule has 4 heterocycles. The molecule has 0 amide bonds. The standard InChI is InChI=1S/C31H31N7O2S/c1-2-6-29-27(5-1)37(28-23-26(12-13-30(28)41-29)36-17-21-40-22-18-36)14-4-3-7-31-32-34-38(33-31)25-10-8-24(9-11-25)35-15-19-39-20-16-35/h1-14,23H,15-22H2/b7-3+,14-4+. The van der Waals surface area contributed by atoms with Crippen LogP contribution >= 0.6 is 11.8 Å². The second kappa shape index (κ2) is 11.8. The lowest BCUT2D eigenvalue weighted by molar-refractivity contribution is 0.122. The van der Waals surface area contributed by atoms with Gasteiger partial charge < -0.3 is 24.2 Å². The van der Waals surface area contributed by atoms with Crippen molar-refractivity contribution in [1.82, 2.24) is 20.2 Å². The zero-order chi connectivity index (χ0) is 27.4. The maximum atomic E-state index is 5.56. The van der Waals surface area contributed by atoms with Gasteiger partial charge in [0.05, 0.1) is 43.5 Å². The van der Waals surface area contributed by atoms with Crippen LogP contribution < -0.4 is 14.7 Å². The molecular weight excluding hydrogens is 534 g/mol. The molecule has 2 saturated heterocycles. The van der Waals surface area contributed by atoms with E-state index in [0.29, 0.717) is 5.82 Å². The highest BCUT2D eigenvalue weighted by Gasteiger charge is 2.23. The Kier molecular flexibility index (Phi) is 7.42. The topological polar surface area (TPSA) is 71.8 Å². The van der Waals surface area contributed by atoms with Crippen molar-refractivity contribution in [2.24, 2.45) is 0 Å². The molecule has 3 aromatic carbocycles. The lowest BCUT2D eigenvalue weighted by Gasteiger charge is -2.33. The number of allylic oxidation sites excluding steroid dienone is 2. The number of para-hydroxylation sites is 1. The van der Waals surface area contributed by atoms with E-state index in [4.69, 9.17) is 9.47 Å². The van der Waals surface area contributed by atoms with Crippen molar-refractivity contribution in [3.8, 4) is 5.69 Å². The van der Waals surface area contributed by atoms with Crippen LogP contribution in [-0.4, -0.2) is 72.8 Å². The smallest absolute Gasteiger partial charge is 0.198 e. The molecule has 3 aliphatic heterocycles. The molecule has 41 heavy (non-hydrogen) atoms. The SMILES string of the molecule is C(/C=C/N1c2ccccc2Sc2ccc(N3CCOCC3)cc21)=C\c1nnn(-c2ccc(N3CCOCC3)cc2)n1. The molecule has 10 heteroatoms. The largest absolute Gasteiger partial charge is 0.378 e. The minimum absolute atomic E-state index is 0.552. The third-order valence-corrected chi connectivity index (χ3v) is 8.53. The van der Waals surface area contributed by atoms with Crippen molar-refractivity contribution >= 4 is 40.6 Å². The minimum Gasteiger partial charge on any atom is -0.378 e. The molecule has 0 aliphatic carbocycles. The van der Waals surface area contributed by atoms with E-state index in [-0.39, 0.29) is 0 Å². The van der Waals surface area contributed by atoms with E-state index in [9.17, 15) is 0 Å². The van der Waals surface area contributed by atoms with Crippen LogP contribution in [0.2, 0.25) is 0 Å². The van der Waals surface area contributed by atoms with Gasteiger partial charge in [-0.2, -0.15) is 0 Å². The van der Waals surface area contributed by atoms with Crippen LogP contribution in [0.3, 0.4) is 0 Å². The van der Waals surface area contributed by atoms with E-state index in [1.807, 2.05) is 42.1 Å². The van der Waals surface area contributed by atoms with Crippen LogP contribution in [0.25, 0.3) is 11.8 Å². The number of benzene rings is 3. The maximum Gasteiger partial charge on any atom is 0.198 e. The summed E-state index contributed by atoms with van der Waals surface area (Å²) in [7, 11) is 0. The number of fused-ring (bicyclic) bond motifs is 2. The highest BCUT2D eigenvalue weighted by Crippen LogP contribution is 2.49. The van der Waals surface area contributed by atoms with Crippen LogP contribution in [0.1, 0.15) is 5.82 Å². The Bertz CT molecular complexity index is 1560. The number of hydrogen-bond acceptors (Lipinski definition) is 9. The lowest BCUT2D eigenvalue weighted by atomic mass is 10.2. The average Bonchev–Trinajstić information content (AvgIpc) is 3.52. The average molecular weight is 566 g/mol. The van der Waals surface area contributed by atoms with Crippen LogP contribution in [0.4, 0.5) is 22.7 Å². The fraction of sp³-hybridized carbons (Fsp3) is 0.258. The van der Waals surface area contributed by atoms with E-state index in [1.54, 1.807) is 4.80 Å². The number of hydrogen-bond donors (Lipinski definition) is 0. The first-order valence-corrected chi connectivity index (χ1v) is 14.7. The van der Waals surface area contributed by atoms with Gasteiger partial charge in [-0.25, -0.2) is 0 Å². The predicted octanol–water partition coefficient (Wildman–Crippen LogP) is 5.17. The van der Waals surface area contributed by atoms with Gasteiger partial charge in [-0.05, 0) is 72.0 Å². The van der Waals surface area contributed by atoms with Gasteiger partial charge in [0, 0.05) is 53.5 Å². The molecule has 0 saturated carbocycles. The predicted molar refractivity (Wildman–Crippen MR) is 163 cm³/mol. The van der Waals surface area contributed by atoms with Crippen molar-refractivity contribution in [2.45, 2.75) is 9.79 Å². The summed E-state index contributed by atoms with van der Waals surface area (Å²) in [6.45, 7) is 6.70. The Hall–Kier alpha value is -4.12. The first kappa shape index (κ1) is 25.8. The molecule has 0 atom stereocenters. The van der Waals surface area contributed by atoms with Gasteiger partial charge in [0.2, 0.25) is 0 Å². The molecule has 0 radical (unpaired) electrons. The summed E-state index contributed by atoms with van der Waals surface area (Å²) in [4.78, 5) is 11.0. The monoisotopic (exact) mass is 565 g/mol. The summed E-state index contributed by atoms with van der Waals surface area (Å²) in [6, 6.07) is 23.5. The molecule has 7 rings (SSSR count). The highest BCUT2D eigenvalue weighted by molar-refractivity contribution is 7.99. The van der Waals surface area contributed by atoms with Crippen LogP contribution in [0, 0.1) is 0 Å². The molecule has 9 nitrogen and oxygen atoms in total. The zero-order valence-electron chi connectivity index (χ0n) is 22.7. The van der Waals surface area contributed by atoms with E-state index < -0.39 is 0 Å². The molecule has 2 fully saturated rings. The van der Waals surface area contributed by atoms with Crippen molar-refractivity contribution in [3.05, 3.63) is 90.9 Å². The first-order chi connectivity index (χ1) is 20.3. The maximum absolute atomic E-state index is 5.56. The van der Waals surface area contributed by atoms with E-state index in [1.165, 1.54) is 32.5 Å². The van der Waals surface area contributed by atoms with Gasteiger partial charge in [0.15, 0.2) is 5.82 Å². The summed E-state index contributed by atoms with van der Waals surface area (Å²) >= 11 is 1.81. The second-order valence-electron chi connectivity index (χ2n) is 9.94. The fourth-order valence-corrected chi connectivity index (χ4v) is 6.30. The van der Waals surface area contributed by atoms with Gasteiger partial charge in [-0.3, -0.25) is 0 Å². The molecule has 0 bridgehead atoms. The third-order valence-electron chi connectivity index (χ3n) is 7.40. The van der Waals surface area contributed by atoms with Gasteiger partial charge in [-0.1, -0.05) is 30.0 Å². The number of ether oxygens (including phenoxy) is 2. The van der Waals surface area contributed by atoms with Gasteiger partial charge in [0.1, 0.15) is 0 Å². The first-order valence-electron chi connectivity index (χ1n) is 13.9. The van der Waals surface area contributed by atoms with E-state index in [0.717, 1.165) is 58.3 Å². The quantitative estimate of drug-likeness (QED) is 0.295. The number of tetrazole rings is 1. The van der Waals surface area contributed by atoms with Crippen LogP contribution in [0.15, 0.2) is 94.9 Å². The molecule has 3 aliphatic rings. The number of nitrogens with zero attached hydrogens (tertiary/aromatic N) is 7. The summed E-state index contributed by atoms with van der Waals surface area (Å²) in [5.74, 6) is 0.552. The fourth-order valence-electron chi connectivity index (χ4n) is 5.25. The number of anilines is 4. The molecule has 0 spiro atoms. The summed E-state index contributed by atoms with van der Waals surface area (Å²) in [6.07, 6.45) is 7.96. The number of aromatic nitrogens is 4. The van der Waals surface area contributed by atoms with Crippen molar-refractivity contribution < 1.29 is 9.47 Å². The summed E-state index contributed by atoms with van der Waals surface area (Å²) < 4.78 is 11.0. The Morgan fingerprint density at radius 2 is 1.34 bits per heavy atom. The van der Waals surface area contributed by atoms with Crippen LogP contribution in [0.5, 0.6) is 0 Å². The molecule has 1 aromatic heterocycles. The Morgan fingerprint density at radius 1 is 0.683 bits per heavy atom. The second-order valence-corrected chi connectivity index (χ2v) is 11.0. The third kappa shape index (κ3) is 5.58. The van der Waals surface area contributed by atoms with Crippen molar-refractivity contribution in [1.29, 1.82) is 0 Å². The summed E-state index contributed by atoms with van der Waals surface area (Å²) in [5, 5.41) is 13.0.